The Morgan fingerprint density at radius 3 is 2.18 bits per heavy atom. The number of halogens is 3. The first-order valence-electron chi connectivity index (χ1n) is 3.92. The Balaban J connectivity index is 5.03. The maximum Gasteiger partial charge on any atom is 0.534 e. The lowest BCUT2D eigenvalue weighted by atomic mass is 10.4. The van der Waals surface area contributed by atoms with Crippen molar-refractivity contribution in [2.24, 2.45) is 0 Å². The third kappa shape index (κ3) is 5.04. The Kier molecular flexibility index (Phi) is 5.42. The predicted molar refractivity (Wildman–Crippen MR) is 48.0 cm³/mol. The molecule has 10 heteroatoms. The molecule has 0 unspecified atom stereocenters. The molecule has 0 bridgehead atoms. The number of alkyl halides is 3. The molecule has 0 saturated carbocycles. The normalized spacial score (nSPS) is 13.4. The third-order valence-corrected chi connectivity index (χ3v) is 2.27. The van der Waals surface area contributed by atoms with Crippen LogP contribution in [-0.2, 0) is 28.6 Å². The predicted octanol–water partition coefficient (Wildman–Crippen LogP) is 0.556. The van der Waals surface area contributed by atoms with Gasteiger partial charge in [0.25, 0.3) is 0 Å². The van der Waals surface area contributed by atoms with Crippen molar-refractivity contribution in [2.45, 2.75) is 5.51 Å². The van der Waals surface area contributed by atoms with E-state index in [1.54, 1.807) is 0 Å². The summed E-state index contributed by atoms with van der Waals surface area (Å²) in [5, 5.41) is 0. The number of methoxy groups -OCH3 is 2. The summed E-state index contributed by atoms with van der Waals surface area (Å²) in [6, 6.07) is 0. The van der Waals surface area contributed by atoms with Crippen molar-refractivity contribution >= 4 is 16.1 Å². The van der Waals surface area contributed by atoms with Crippen molar-refractivity contribution in [3.63, 3.8) is 0 Å². The van der Waals surface area contributed by atoms with Crippen LogP contribution in [0.2, 0.25) is 0 Å². The van der Waals surface area contributed by atoms with Gasteiger partial charge in [-0.2, -0.15) is 21.6 Å². The van der Waals surface area contributed by atoms with Crippen LogP contribution in [0, 0.1) is 0 Å². The van der Waals surface area contributed by atoms with Gasteiger partial charge in [-0.3, -0.25) is 0 Å². The summed E-state index contributed by atoms with van der Waals surface area (Å²) in [6.07, 6.45) is 0.437. The van der Waals surface area contributed by atoms with Crippen LogP contribution in [0.1, 0.15) is 0 Å². The molecular weight excluding hydrogens is 269 g/mol. The fraction of sp³-hybridized carbons (Fsp3) is 0.571. The highest BCUT2D eigenvalue weighted by molar-refractivity contribution is 7.87. The van der Waals surface area contributed by atoms with Gasteiger partial charge in [-0.1, -0.05) is 0 Å². The van der Waals surface area contributed by atoms with E-state index in [1.807, 2.05) is 0 Å². The van der Waals surface area contributed by atoms with Crippen LogP contribution < -0.4 is 0 Å². The van der Waals surface area contributed by atoms with E-state index >= 15 is 0 Å². The molecule has 0 rings (SSSR count). The van der Waals surface area contributed by atoms with E-state index in [4.69, 9.17) is 0 Å². The highest BCUT2D eigenvalue weighted by Gasteiger charge is 2.48. The summed E-state index contributed by atoms with van der Waals surface area (Å²) in [7, 11) is -3.79. The quantitative estimate of drug-likeness (QED) is 0.240. The number of esters is 1. The van der Waals surface area contributed by atoms with Gasteiger partial charge in [0.2, 0.25) is 0 Å². The zero-order valence-electron chi connectivity index (χ0n) is 8.78. The van der Waals surface area contributed by atoms with Gasteiger partial charge in [-0.15, -0.1) is 0 Å². The second-order valence-corrected chi connectivity index (χ2v) is 4.09. The zero-order chi connectivity index (χ0) is 13.7. The molecule has 0 aliphatic rings. The third-order valence-electron chi connectivity index (χ3n) is 1.27. The van der Waals surface area contributed by atoms with E-state index in [0.29, 0.717) is 6.08 Å². The summed E-state index contributed by atoms with van der Waals surface area (Å²) in [6.45, 7) is -0.635. The molecule has 0 heterocycles. The minimum Gasteiger partial charge on any atom is -0.466 e. The summed E-state index contributed by atoms with van der Waals surface area (Å²) in [5.74, 6) is -1.91. The van der Waals surface area contributed by atoms with Gasteiger partial charge in [0.05, 0.1) is 13.2 Å². The number of ether oxygens (including phenoxy) is 2. The van der Waals surface area contributed by atoms with Crippen molar-refractivity contribution in [2.75, 3.05) is 20.8 Å². The van der Waals surface area contributed by atoms with Gasteiger partial charge < -0.3 is 13.7 Å². The number of carbonyl (C=O) groups is 1. The van der Waals surface area contributed by atoms with Crippen molar-refractivity contribution in [1.29, 1.82) is 0 Å². The lowest BCUT2D eigenvalue weighted by molar-refractivity contribution is -0.135. The summed E-state index contributed by atoms with van der Waals surface area (Å²) in [5.41, 5.74) is -5.59. The smallest absolute Gasteiger partial charge is 0.466 e. The summed E-state index contributed by atoms with van der Waals surface area (Å²) < 4.78 is 69.3. The summed E-state index contributed by atoms with van der Waals surface area (Å²) >= 11 is 0. The molecule has 0 aromatic heterocycles. The summed E-state index contributed by atoms with van der Waals surface area (Å²) in [4.78, 5) is 10.7. The van der Waals surface area contributed by atoms with Crippen LogP contribution in [0.15, 0.2) is 11.8 Å². The van der Waals surface area contributed by atoms with Crippen LogP contribution in [0.3, 0.4) is 0 Å². The van der Waals surface area contributed by atoms with Crippen LogP contribution in [-0.4, -0.2) is 40.7 Å². The maximum atomic E-state index is 12.0. The number of carbonyl (C=O) groups excluding carboxylic acids is 1. The van der Waals surface area contributed by atoms with Gasteiger partial charge in [0.15, 0.2) is 5.76 Å². The molecule has 0 aromatic carbocycles. The average Bonchev–Trinajstić information content (AvgIpc) is 2.15. The highest BCUT2D eigenvalue weighted by atomic mass is 32.2. The fourth-order valence-corrected chi connectivity index (χ4v) is 1.08. The Bertz CT molecular complexity index is 396. The lowest BCUT2D eigenvalue weighted by Gasteiger charge is -2.11. The molecule has 0 amide bonds. The van der Waals surface area contributed by atoms with Gasteiger partial charge in [0, 0.05) is 7.11 Å². The first-order chi connectivity index (χ1) is 7.64. The van der Waals surface area contributed by atoms with E-state index < -0.39 is 34.0 Å². The Labute approximate surface area is 95.1 Å². The van der Waals surface area contributed by atoms with Crippen LogP contribution in [0.4, 0.5) is 13.2 Å². The molecule has 100 valence electrons. The zero-order valence-corrected chi connectivity index (χ0v) is 9.59. The molecule has 0 atom stereocenters. The standard InChI is InChI=1S/C7H9F3O6S/c1-14-4-5(3-6(11)15-2)16-17(12,13)7(8,9)10/h3H,4H2,1-2H3. The maximum absolute atomic E-state index is 12.0. The number of rotatable bonds is 5. The Morgan fingerprint density at radius 2 is 1.82 bits per heavy atom. The van der Waals surface area contributed by atoms with E-state index in [9.17, 15) is 26.4 Å². The minimum absolute atomic E-state index is 0.437. The molecule has 0 aromatic rings. The molecule has 0 spiro atoms. The molecule has 17 heavy (non-hydrogen) atoms. The Morgan fingerprint density at radius 1 is 1.29 bits per heavy atom. The van der Waals surface area contributed by atoms with Crippen molar-refractivity contribution < 1.29 is 40.0 Å². The van der Waals surface area contributed by atoms with E-state index in [2.05, 4.69) is 13.7 Å². The van der Waals surface area contributed by atoms with Gasteiger partial charge >= 0.3 is 21.6 Å². The lowest BCUT2D eigenvalue weighted by Crippen LogP contribution is -2.26. The van der Waals surface area contributed by atoms with Gasteiger partial charge in [-0.05, 0) is 0 Å². The molecule has 0 N–H and O–H groups in total. The molecular formula is C7H9F3O6S. The van der Waals surface area contributed by atoms with Crippen LogP contribution in [0.25, 0.3) is 0 Å². The van der Waals surface area contributed by atoms with E-state index in [1.165, 1.54) is 0 Å². The number of hydrogen-bond donors (Lipinski definition) is 0. The van der Waals surface area contributed by atoms with Crippen molar-refractivity contribution in [1.82, 2.24) is 0 Å². The van der Waals surface area contributed by atoms with Gasteiger partial charge in [0.1, 0.15) is 6.61 Å². The molecule has 0 fully saturated rings. The monoisotopic (exact) mass is 278 g/mol. The van der Waals surface area contributed by atoms with Crippen molar-refractivity contribution in [3.8, 4) is 0 Å². The first kappa shape index (κ1) is 15.7. The molecule has 0 radical (unpaired) electrons. The second-order valence-electron chi connectivity index (χ2n) is 2.55. The molecule has 0 saturated heterocycles. The topological polar surface area (TPSA) is 78.9 Å². The minimum atomic E-state index is -5.83. The largest absolute Gasteiger partial charge is 0.534 e. The molecule has 0 aliphatic heterocycles. The highest BCUT2D eigenvalue weighted by Crippen LogP contribution is 2.26. The Hall–Kier alpha value is -1.29. The molecule has 0 aliphatic carbocycles. The second kappa shape index (κ2) is 5.87. The van der Waals surface area contributed by atoms with E-state index in [0.717, 1.165) is 14.2 Å². The first-order valence-corrected chi connectivity index (χ1v) is 5.33. The average molecular weight is 278 g/mol. The number of hydrogen-bond acceptors (Lipinski definition) is 6. The SMILES string of the molecule is COCC(=CC(=O)OC)OS(=O)(=O)C(F)(F)F. The van der Waals surface area contributed by atoms with Crippen LogP contribution in [0.5, 0.6) is 0 Å². The van der Waals surface area contributed by atoms with Crippen molar-refractivity contribution in [3.05, 3.63) is 11.8 Å². The van der Waals surface area contributed by atoms with E-state index in [-0.39, 0.29) is 0 Å². The fourth-order valence-electron chi connectivity index (χ4n) is 0.611. The van der Waals surface area contributed by atoms with Gasteiger partial charge in [-0.25, -0.2) is 4.79 Å². The molecule has 6 nitrogen and oxygen atoms in total. The van der Waals surface area contributed by atoms with Crippen LogP contribution >= 0.6 is 0 Å².